The molecule has 1 atom stereocenters. The number of guanidine groups is 1. The molecule has 0 spiro atoms. The number of nitrogens with zero attached hydrogens (tertiary/aromatic N) is 2. The molecule has 0 fully saturated rings. The minimum Gasteiger partial charge on any atom is -0.493 e. The molecule has 0 amide bonds. The summed E-state index contributed by atoms with van der Waals surface area (Å²) >= 11 is 1.65. The Morgan fingerprint density at radius 3 is 2.48 bits per heavy atom. The molecule has 0 saturated carbocycles. The van der Waals surface area contributed by atoms with Crippen molar-refractivity contribution in [3.63, 3.8) is 0 Å². The highest BCUT2D eigenvalue weighted by Crippen LogP contribution is 2.18. The standard InChI is InChI=1S/C20H30N4OS.HI/c1-6-21-20(22-11-19-16(5)23-13-26-19)24-15(4)17-7-9-18(10-8-17)25-12-14(2)3;/h7-10,13-15H,6,11-12H2,1-5H3,(H2,21,22,24);1H. The van der Waals surface area contributed by atoms with Gasteiger partial charge in [-0.1, -0.05) is 26.0 Å². The Labute approximate surface area is 184 Å². The van der Waals surface area contributed by atoms with Crippen molar-refractivity contribution < 1.29 is 4.74 Å². The average Bonchev–Trinajstić information content (AvgIpc) is 3.03. The van der Waals surface area contributed by atoms with E-state index in [1.807, 2.05) is 24.6 Å². The Kier molecular flexibility index (Phi) is 10.7. The lowest BCUT2D eigenvalue weighted by atomic mass is 10.1. The van der Waals surface area contributed by atoms with Crippen molar-refractivity contribution in [1.82, 2.24) is 15.6 Å². The topological polar surface area (TPSA) is 58.5 Å². The van der Waals surface area contributed by atoms with Crippen LogP contribution in [0.5, 0.6) is 5.75 Å². The predicted octanol–water partition coefficient (Wildman–Crippen LogP) is 4.92. The van der Waals surface area contributed by atoms with Crippen LogP contribution in [0.1, 0.15) is 49.9 Å². The van der Waals surface area contributed by atoms with Gasteiger partial charge in [-0.2, -0.15) is 0 Å². The minimum absolute atomic E-state index is 0. The van der Waals surface area contributed by atoms with E-state index in [2.05, 4.69) is 60.4 Å². The van der Waals surface area contributed by atoms with E-state index in [9.17, 15) is 0 Å². The number of aromatic nitrogens is 1. The molecule has 1 unspecified atom stereocenters. The van der Waals surface area contributed by atoms with Gasteiger partial charge in [0.1, 0.15) is 5.75 Å². The molecule has 0 saturated heterocycles. The molecule has 1 aromatic heterocycles. The maximum absolute atomic E-state index is 5.75. The van der Waals surface area contributed by atoms with Crippen LogP contribution in [0.3, 0.4) is 0 Å². The van der Waals surface area contributed by atoms with Gasteiger partial charge in [-0.25, -0.2) is 9.98 Å². The summed E-state index contributed by atoms with van der Waals surface area (Å²) in [6.45, 7) is 12.7. The number of hydrogen-bond donors (Lipinski definition) is 2. The van der Waals surface area contributed by atoms with Gasteiger partial charge in [-0.15, -0.1) is 35.3 Å². The van der Waals surface area contributed by atoms with Crippen LogP contribution < -0.4 is 15.4 Å². The zero-order valence-electron chi connectivity index (χ0n) is 16.8. The summed E-state index contributed by atoms with van der Waals surface area (Å²) in [5, 5.41) is 6.78. The number of aryl methyl sites for hydroxylation is 1. The SMILES string of the molecule is CCNC(=NCc1scnc1C)NC(C)c1ccc(OCC(C)C)cc1.I. The smallest absolute Gasteiger partial charge is 0.192 e. The molecule has 150 valence electrons. The number of rotatable bonds is 8. The van der Waals surface area contributed by atoms with Crippen LogP contribution in [0.2, 0.25) is 0 Å². The molecule has 1 aromatic carbocycles. The summed E-state index contributed by atoms with van der Waals surface area (Å²) in [7, 11) is 0. The number of thiazole rings is 1. The van der Waals surface area contributed by atoms with Gasteiger partial charge < -0.3 is 15.4 Å². The van der Waals surface area contributed by atoms with Crippen LogP contribution in [-0.4, -0.2) is 24.1 Å². The number of hydrogen-bond acceptors (Lipinski definition) is 4. The van der Waals surface area contributed by atoms with Crippen molar-refractivity contribution in [3.05, 3.63) is 45.9 Å². The van der Waals surface area contributed by atoms with Crippen LogP contribution in [-0.2, 0) is 6.54 Å². The lowest BCUT2D eigenvalue weighted by Gasteiger charge is -2.18. The predicted molar refractivity (Wildman–Crippen MR) is 125 cm³/mol. The van der Waals surface area contributed by atoms with E-state index in [0.29, 0.717) is 12.5 Å². The summed E-state index contributed by atoms with van der Waals surface area (Å²) in [6.07, 6.45) is 0. The molecule has 7 heteroatoms. The van der Waals surface area contributed by atoms with Gasteiger partial charge in [0.25, 0.3) is 0 Å². The third-order valence-electron chi connectivity index (χ3n) is 3.89. The van der Waals surface area contributed by atoms with Gasteiger partial charge in [0.2, 0.25) is 0 Å². The first-order chi connectivity index (χ1) is 12.5. The summed E-state index contributed by atoms with van der Waals surface area (Å²) in [5.74, 6) is 2.25. The van der Waals surface area contributed by atoms with Gasteiger partial charge in [0.05, 0.1) is 30.4 Å². The molecule has 0 aliphatic carbocycles. The largest absolute Gasteiger partial charge is 0.493 e. The Morgan fingerprint density at radius 1 is 1.22 bits per heavy atom. The zero-order chi connectivity index (χ0) is 18.9. The van der Waals surface area contributed by atoms with E-state index in [4.69, 9.17) is 4.74 Å². The number of aliphatic imine (C=N–C) groups is 1. The molecule has 1 heterocycles. The van der Waals surface area contributed by atoms with Crippen LogP contribution in [0.25, 0.3) is 0 Å². The maximum Gasteiger partial charge on any atom is 0.192 e. The minimum atomic E-state index is 0. The summed E-state index contributed by atoms with van der Waals surface area (Å²) in [4.78, 5) is 10.2. The number of nitrogens with one attached hydrogen (secondary N) is 2. The molecule has 0 aliphatic heterocycles. The molecular formula is C20H31IN4OS. The summed E-state index contributed by atoms with van der Waals surface area (Å²) in [5.41, 5.74) is 4.12. The lowest BCUT2D eigenvalue weighted by Crippen LogP contribution is -2.38. The van der Waals surface area contributed by atoms with Gasteiger partial charge in [0.15, 0.2) is 5.96 Å². The van der Waals surface area contributed by atoms with E-state index in [-0.39, 0.29) is 30.0 Å². The fourth-order valence-electron chi connectivity index (χ4n) is 2.35. The fraction of sp³-hybridized carbons (Fsp3) is 0.500. The van der Waals surface area contributed by atoms with E-state index < -0.39 is 0 Å². The quantitative estimate of drug-likeness (QED) is 0.306. The van der Waals surface area contributed by atoms with Crippen LogP contribution in [0.15, 0.2) is 34.8 Å². The zero-order valence-corrected chi connectivity index (χ0v) is 19.9. The second-order valence-corrected chi connectivity index (χ2v) is 7.64. The summed E-state index contributed by atoms with van der Waals surface area (Å²) in [6, 6.07) is 8.41. The van der Waals surface area contributed by atoms with Crippen LogP contribution >= 0.6 is 35.3 Å². The molecule has 0 radical (unpaired) electrons. The maximum atomic E-state index is 5.75. The van der Waals surface area contributed by atoms with Crippen LogP contribution in [0, 0.1) is 12.8 Å². The number of benzene rings is 1. The van der Waals surface area contributed by atoms with Gasteiger partial charge in [-0.05, 0) is 44.4 Å². The highest BCUT2D eigenvalue weighted by atomic mass is 127. The highest BCUT2D eigenvalue weighted by molar-refractivity contribution is 14.0. The highest BCUT2D eigenvalue weighted by Gasteiger charge is 2.09. The lowest BCUT2D eigenvalue weighted by molar-refractivity contribution is 0.271. The molecule has 5 nitrogen and oxygen atoms in total. The molecule has 0 aliphatic rings. The Morgan fingerprint density at radius 2 is 1.93 bits per heavy atom. The van der Waals surface area contributed by atoms with E-state index in [1.165, 1.54) is 10.4 Å². The fourth-order valence-corrected chi connectivity index (χ4v) is 3.05. The first-order valence-corrected chi connectivity index (χ1v) is 10.0. The Balaban J connectivity index is 0.00000364. The molecule has 2 aromatic rings. The third-order valence-corrected chi connectivity index (χ3v) is 4.81. The van der Waals surface area contributed by atoms with E-state index in [0.717, 1.165) is 30.6 Å². The van der Waals surface area contributed by atoms with Crippen molar-refractivity contribution in [2.45, 2.75) is 47.2 Å². The van der Waals surface area contributed by atoms with Crippen molar-refractivity contribution >= 4 is 41.3 Å². The van der Waals surface area contributed by atoms with Crippen molar-refractivity contribution in [2.24, 2.45) is 10.9 Å². The first-order valence-electron chi connectivity index (χ1n) is 9.16. The second kappa shape index (κ2) is 12.2. The molecule has 2 rings (SSSR count). The van der Waals surface area contributed by atoms with Crippen LogP contribution in [0.4, 0.5) is 0 Å². The van der Waals surface area contributed by atoms with Gasteiger partial charge >= 0.3 is 0 Å². The van der Waals surface area contributed by atoms with Gasteiger partial charge in [-0.3, -0.25) is 0 Å². The molecule has 27 heavy (non-hydrogen) atoms. The monoisotopic (exact) mass is 502 g/mol. The van der Waals surface area contributed by atoms with Crippen molar-refractivity contribution in [2.75, 3.05) is 13.2 Å². The van der Waals surface area contributed by atoms with E-state index >= 15 is 0 Å². The van der Waals surface area contributed by atoms with Crippen molar-refractivity contribution in [3.8, 4) is 5.75 Å². The Bertz CT molecular complexity index is 700. The first kappa shape index (κ1) is 23.7. The number of ether oxygens (including phenoxy) is 1. The van der Waals surface area contributed by atoms with Crippen molar-refractivity contribution in [1.29, 1.82) is 0 Å². The normalized spacial score (nSPS) is 12.4. The molecule has 0 bridgehead atoms. The van der Waals surface area contributed by atoms with E-state index in [1.54, 1.807) is 11.3 Å². The number of halogens is 1. The summed E-state index contributed by atoms with van der Waals surface area (Å²) < 4.78 is 5.75. The third kappa shape index (κ3) is 8.04. The second-order valence-electron chi connectivity index (χ2n) is 6.70. The molecular weight excluding hydrogens is 471 g/mol. The average molecular weight is 502 g/mol. The van der Waals surface area contributed by atoms with Gasteiger partial charge in [0, 0.05) is 11.4 Å². The Hall–Kier alpha value is -1.35. The molecule has 2 N–H and O–H groups in total.